The number of benzene rings is 1. The lowest BCUT2D eigenvalue weighted by Gasteiger charge is -2.33. The Hall–Kier alpha value is -1.69. The molecule has 1 N–H and O–H groups in total. The number of halogens is 2. The summed E-state index contributed by atoms with van der Waals surface area (Å²) < 4.78 is 29.6. The molecule has 4 nitrogen and oxygen atoms in total. The number of rotatable bonds is 5. The van der Waals surface area contributed by atoms with Crippen molar-refractivity contribution in [3.05, 3.63) is 29.8 Å². The Kier molecular flexibility index (Phi) is 4.05. The smallest absolute Gasteiger partial charge is 0.387 e. The Morgan fingerprint density at radius 2 is 2.10 bits per heavy atom. The molecule has 0 bridgehead atoms. The number of para-hydroxylation sites is 1. The maximum Gasteiger partial charge on any atom is 0.387 e. The minimum absolute atomic E-state index is 0.0127. The van der Waals surface area contributed by atoms with E-state index in [-0.39, 0.29) is 24.4 Å². The molecule has 1 heterocycles. The van der Waals surface area contributed by atoms with Crippen LogP contribution in [0.2, 0.25) is 0 Å². The Bertz CT molecular complexity index is 520. The molecule has 0 radical (unpaired) electrons. The number of nitrogens with one attached hydrogen (secondary N) is 1. The summed E-state index contributed by atoms with van der Waals surface area (Å²) in [5, 5.41) is 3.09. The van der Waals surface area contributed by atoms with E-state index in [1.165, 1.54) is 12.5 Å². The molecule has 1 aliphatic carbocycles. The second-order valence-corrected chi connectivity index (χ2v) is 5.54. The van der Waals surface area contributed by atoms with Crippen molar-refractivity contribution in [2.45, 2.75) is 32.0 Å². The van der Waals surface area contributed by atoms with Crippen molar-refractivity contribution in [3.63, 3.8) is 0 Å². The van der Waals surface area contributed by atoms with Gasteiger partial charge < -0.3 is 9.64 Å². The van der Waals surface area contributed by atoms with Gasteiger partial charge in [-0.1, -0.05) is 24.6 Å². The van der Waals surface area contributed by atoms with Gasteiger partial charge >= 0.3 is 6.61 Å². The van der Waals surface area contributed by atoms with Crippen LogP contribution in [0.1, 0.15) is 31.0 Å². The largest absolute Gasteiger partial charge is 0.434 e. The number of amides is 1. The summed E-state index contributed by atoms with van der Waals surface area (Å²) in [5.74, 6) is 0.664. The normalized spacial score (nSPS) is 22.7. The van der Waals surface area contributed by atoms with Crippen LogP contribution in [0.25, 0.3) is 0 Å². The molecular formula is C15H18F2N2O2. The fraction of sp³-hybridized carbons (Fsp3) is 0.533. The van der Waals surface area contributed by atoms with E-state index in [9.17, 15) is 13.6 Å². The number of carbonyl (C=O) groups is 1. The zero-order valence-corrected chi connectivity index (χ0v) is 11.6. The molecule has 1 aliphatic heterocycles. The zero-order chi connectivity index (χ0) is 14.8. The highest BCUT2D eigenvalue weighted by atomic mass is 19.3. The number of carbonyl (C=O) groups excluding carboxylic acids is 1. The Balaban J connectivity index is 1.82. The van der Waals surface area contributed by atoms with Gasteiger partial charge in [0, 0.05) is 12.1 Å². The molecule has 1 unspecified atom stereocenters. The quantitative estimate of drug-likeness (QED) is 0.908. The molecule has 1 aromatic carbocycles. The summed E-state index contributed by atoms with van der Waals surface area (Å²) in [4.78, 5) is 13.8. The van der Waals surface area contributed by atoms with Gasteiger partial charge in [-0.3, -0.25) is 10.1 Å². The van der Waals surface area contributed by atoms with Crippen LogP contribution in [0.15, 0.2) is 24.3 Å². The third kappa shape index (κ3) is 3.00. The average molecular weight is 296 g/mol. The molecule has 0 aromatic heterocycles. The van der Waals surface area contributed by atoms with E-state index in [2.05, 4.69) is 10.1 Å². The third-order valence-electron chi connectivity index (χ3n) is 4.19. The van der Waals surface area contributed by atoms with Gasteiger partial charge in [0.05, 0.1) is 6.54 Å². The molecule has 6 heteroatoms. The van der Waals surface area contributed by atoms with Crippen LogP contribution >= 0.6 is 0 Å². The minimum atomic E-state index is -2.87. The van der Waals surface area contributed by atoms with Crippen molar-refractivity contribution >= 4 is 5.91 Å². The summed E-state index contributed by atoms with van der Waals surface area (Å²) in [5.41, 5.74) is 0.586. The van der Waals surface area contributed by atoms with E-state index in [1.54, 1.807) is 23.1 Å². The fourth-order valence-electron chi connectivity index (χ4n) is 2.89. The van der Waals surface area contributed by atoms with E-state index < -0.39 is 6.61 Å². The lowest BCUT2D eigenvalue weighted by Crippen LogP contribution is -2.37. The van der Waals surface area contributed by atoms with Crippen LogP contribution in [-0.2, 0) is 4.79 Å². The third-order valence-corrected chi connectivity index (χ3v) is 4.19. The monoisotopic (exact) mass is 296 g/mol. The second-order valence-electron chi connectivity index (χ2n) is 5.54. The minimum Gasteiger partial charge on any atom is -0.434 e. The van der Waals surface area contributed by atoms with Crippen molar-refractivity contribution in [3.8, 4) is 5.75 Å². The Labute approximate surface area is 122 Å². The standard InChI is InChI=1S/C15H18F2N2O2/c16-15(17)21-12-7-2-1-6-11(12)14-18-8-13(20)19(14)9-10-4-3-5-10/h1-2,6-7,10,14-15,18H,3-5,8-9H2. The summed E-state index contributed by atoms with van der Waals surface area (Å²) in [6, 6.07) is 6.64. The number of alkyl halides is 2. The predicted molar refractivity (Wildman–Crippen MR) is 72.9 cm³/mol. The first-order valence-electron chi connectivity index (χ1n) is 7.21. The van der Waals surface area contributed by atoms with Crippen LogP contribution < -0.4 is 10.1 Å². The van der Waals surface area contributed by atoms with Crippen LogP contribution in [0.4, 0.5) is 8.78 Å². The SMILES string of the molecule is O=C1CNC(c2ccccc2OC(F)F)N1CC1CCC1. The van der Waals surface area contributed by atoms with Crippen LogP contribution in [0.5, 0.6) is 5.75 Å². The van der Waals surface area contributed by atoms with Gasteiger partial charge in [0.15, 0.2) is 0 Å². The zero-order valence-electron chi connectivity index (χ0n) is 11.6. The van der Waals surface area contributed by atoms with Crippen molar-refractivity contribution in [2.75, 3.05) is 13.1 Å². The molecule has 0 spiro atoms. The molecule has 2 aliphatic rings. The highest BCUT2D eigenvalue weighted by Gasteiger charge is 2.36. The molecule has 1 saturated carbocycles. The molecule has 21 heavy (non-hydrogen) atoms. The molecule has 1 aromatic rings. The summed E-state index contributed by atoms with van der Waals surface area (Å²) in [6.07, 6.45) is 3.08. The topological polar surface area (TPSA) is 41.6 Å². The molecular weight excluding hydrogens is 278 g/mol. The van der Waals surface area contributed by atoms with E-state index in [1.807, 2.05) is 0 Å². The van der Waals surface area contributed by atoms with Crippen LogP contribution in [-0.4, -0.2) is 30.5 Å². The van der Waals surface area contributed by atoms with E-state index in [0.717, 1.165) is 12.8 Å². The highest BCUT2D eigenvalue weighted by Crippen LogP contribution is 2.34. The number of ether oxygens (including phenoxy) is 1. The van der Waals surface area contributed by atoms with E-state index >= 15 is 0 Å². The maximum absolute atomic E-state index is 12.5. The molecule has 1 amide bonds. The van der Waals surface area contributed by atoms with Crippen molar-refractivity contribution < 1.29 is 18.3 Å². The number of hydrogen-bond donors (Lipinski definition) is 1. The van der Waals surface area contributed by atoms with E-state index in [4.69, 9.17) is 0 Å². The highest BCUT2D eigenvalue weighted by molar-refractivity contribution is 5.81. The first-order chi connectivity index (χ1) is 10.1. The van der Waals surface area contributed by atoms with Gasteiger partial charge in [-0.25, -0.2) is 0 Å². The lowest BCUT2D eigenvalue weighted by atomic mass is 9.85. The van der Waals surface area contributed by atoms with Gasteiger partial charge in [0.25, 0.3) is 0 Å². The first-order valence-corrected chi connectivity index (χ1v) is 7.21. The van der Waals surface area contributed by atoms with Gasteiger partial charge in [0.1, 0.15) is 11.9 Å². The second kappa shape index (κ2) is 5.97. The molecule has 2 fully saturated rings. The van der Waals surface area contributed by atoms with Gasteiger partial charge in [0.2, 0.25) is 5.91 Å². The predicted octanol–water partition coefficient (Wildman–Crippen LogP) is 2.52. The Morgan fingerprint density at radius 1 is 1.33 bits per heavy atom. The fourth-order valence-corrected chi connectivity index (χ4v) is 2.89. The molecule has 1 atom stereocenters. The van der Waals surface area contributed by atoms with Crippen molar-refractivity contribution in [1.29, 1.82) is 0 Å². The van der Waals surface area contributed by atoms with Gasteiger partial charge in [-0.15, -0.1) is 0 Å². The lowest BCUT2D eigenvalue weighted by molar-refractivity contribution is -0.129. The molecule has 114 valence electrons. The molecule has 1 saturated heterocycles. The summed E-state index contributed by atoms with van der Waals surface area (Å²) in [7, 11) is 0. The summed E-state index contributed by atoms with van der Waals surface area (Å²) in [6.45, 7) is -1.96. The maximum atomic E-state index is 12.5. The van der Waals surface area contributed by atoms with E-state index in [0.29, 0.717) is 18.0 Å². The van der Waals surface area contributed by atoms with Gasteiger partial charge in [-0.2, -0.15) is 8.78 Å². The van der Waals surface area contributed by atoms with Crippen LogP contribution in [0, 0.1) is 5.92 Å². The van der Waals surface area contributed by atoms with Crippen molar-refractivity contribution in [1.82, 2.24) is 10.2 Å². The van der Waals surface area contributed by atoms with Crippen LogP contribution in [0.3, 0.4) is 0 Å². The first kappa shape index (κ1) is 14.3. The average Bonchev–Trinajstić information content (AvgIpc) is 2.75. The van der Waals surface area contributed by atoms with Gasteiger partial charge in [-0.05, 0) is 24.8 Å². The summed E-state index contributed by atoms with van der Waals surface area (Å²) >= 11 is 0. The number of nitrogens with zero attached hydrogens (tertiary/aromatic N) is 1. The van der Waals surface area contributed by atoms with Crippen molar-refractivity contribution in [2.24, 2.45) is 5.92 Å². The Morgan fingerprint density at radius 3 is 2.76 bits per heavy atom. The number of hydrogen-bond acceptors (Lipinski definition) is 3. The molecule has 3 rings (SSSR count).